The number of nitrogens with one attached hydrogen (secondary N) is 3. The van der Waals surface area contributed by atoms with Gasteiger partial charge >= 0.3 is 6.09 Å². The number of carbonyl (C=O) groups is 4. The summed E-state index contributed by atoms with van der Waals surface area (Å²) in [5.74, 6) is -1.90. The standard InChI is InChI=1S/C36H47N5O8S/c1-35(2,3)49-34(45)38-28-17-8-6-4-5-7-13-24-21-36(24,33(44)40-50(46,47)26-14-11-15-26)39-30(42)29-20-25(22-41(29)32(28)43)48-31-27-16-10-9-12-23(27)18-19-37-31/h7,9-10,12-13,16,18-19,24-26,28-29H,4-6,8,11,14-15,17,20-22H2,1-3H3,(H,38,45)(H,39,42)(H,40,44)/b13-7-/t24-,25+,28-,29-,36+/m0/s1. The molecule has 2 aliphatic heterocycles. The first-order valence-corrected chi connectivity index (χ1v) is 19.2. The number of fused-ring (bicyclic) bond motifs is 3. The smallest absolute Gasteiger partial charge is 0.408 e. The van der Waals surface area contributed by atoms with E-state index in [1.165, 1.54) is 4.90 Å². The first-order valence-electron chi connectivity index (χ1n) is 17.6. The fraction of sp³-hybridized carbons (Fsp3) is 0.583. The molecular weight excluding hydrogens is 662 g/mol. The zero-order chi connectivity index (χ0) is 35.7. The van der Waals surface area contributed by atoms with Gasteiger partial charge in [-0.15, -0.1) is 0 Å². The lowest BCUT2D eigenvalue weighted by atomic mass is 10.0. The van der Waals surface area contributed by atoms with Crippen molar-refractivity contribution in [1.29, 1.82) is 0 Å². The minimum atomic E-state index is -3.91. The second-order valence-electron chi connectivity index (χ2n) is 14.9. The van der Waals surface area contributed by atoms with Gasteiger partial charge in [-0.3, -0.25) is 19.1 Å². The van der Waals surface area contributed by atoms with Gasteiger partial charge in [-0.05, 0) is 76.8 Å². The molecule has 0 bridgehead atoms. The number of carbonyl (C=O) groups excluding carboxylic acids is 4. The summed E-state index contributed by atoms with van der Waals surface area (Å²) in [5, 5.41) is 6.68. The van der Waals surface area contributed by atoms with Crippen LogP contribution in [0.5, 0.6) is 5.88 Å². The zero-order valence-electron chi connectivity index (χ0n) is 28.9. The number of hydrogen-bond acceptors (Lipinski definition) is 9. The summed E-state index contributed by atoms with van der Waals surface area (Å²) in [7, 11) is -3.91. The Morgan fingerprint density at radius 1 is 1.04 bits per heavy atom. The molecule has 2 aromatic rings. The van der Waals surface area contributed by atoms with E-state index < -0.39 is 74.3 Å². The summed E-state index contributed by atoms with van der Waals surface area (Å²) in [4.78, 5) is 61.1. The van der Waals surface area contributed by atoms with Crippen molar-refractivity contribution in [2.45, 2.75) is 120 Å². The van der Waals surface area contributed by atoms with Gasteiger partial charge in [0.05, 0.1) is 11.8 Å². The van der Waals surface area contributed by atoms with E-state index in [-0.39, 0.29) is 19.4 Å². The van der Waals surface area contributed by atoms with Gasteiger partial charge in [0.2, 0.25) is 27.7 Å². The number of sulfonamides is 1. The highest BCUT2D eigenvalue weighted by molar-refractivity contribution is 7.90. The molecule has 1 aromatic carbocycles. The summed E-state index contributed by atoms with van der Waals surface area (Å²) in [6.07, 6.45) is 9.38. The Labute approximate surface area is 293 Å². The van der Waals surface area contributed by atoms with E-state index in [0.717, 1.165) is 30.0 Å². The fourth-order valence-corrected chi connectivity index (χ4v) is 8.50. The van der Waals surface area contributed by atoms with Gasteiger partial charge in [0, 0.05) is 23.9 Å². The lowest BCUT2D eigenvalue weighted by Crippen LogP contribution is -2.59. The molecule has 50 heavy (non-hydrogen) atoms. The second kappa shape index (κ2) is 14.2. The maximum absolute atomic E-state index is 14.4. The number of benzene rings is 1. The maximum atomic E-state index is 14.4. The molecule has 4 aliphatic rings. The fourth-order valence-electron chi connectivity index (χ4n) is 6.94. The number of nitrogens with zero attached hydrogens (tertiary/aromatic N) is 2. The van der Waals surface area contributed by atoms with Gasteiger partial charge in [-0.1, -0.05) is 49.6 Å². The molecule has 270 valence electrons. The molecule has 14 heteroatoms. The third-order valence-electron chi connectivity index (χ3n) is 9.98. The average Bonchev–Trinajstić information content (AvgIpc) is 3.54. The molecular formula is C36H47N5O8S. The van der Waals surface area contributed by atoms with Crippen LogP contribution in [0.1, 0.15) is 85.0 Å². The zero-order valence-corrected chi connectivity index (χ0v) is 29.7. The average molecular weight is 710 g/mol. The molecule has 1 saturated heterocycles. The summed E-state index contributed by atoms with van der Waals surface area (Å²) >= 11 is 0. The summed E-state index contributed by atoms with van der Waals surface area (Å²) in [6, 6.07) is 7.40. The number of amides is 4. The van der Waals surface area contributed by atoms with Gasteiger partial charge in [0.25, 0.3) is 5.91 Å². The maximum Gasteiger partial charge on any atom is 0.408 e. The number of ether oxygens (including phenoxy) is 2. The van der Waals surface area contributed by atoms with Crippen LogP contribution in [0.4, 0.5) is 4.79 Å². The van der Waals surface area contributed by atoms with Crippen LogP contribution in [0.3, 0.4) is 0 Å². The number of aromatic nitrogens is 1. The van der Waals surface area contributed by atoms with Crippen LogP contribution in [0, 0.1) is 5.92 Å². The van der Waals surface area contributed by atoms with Crippen molar-refractivity contribution in [3.63, 3.8) is 0 Å². The van der Waals surface area contributed by atoms with Crippen LogP contribution in [-0.4, -0.2) is 83.2 Å². The van der Waals surface area contributed by atoms with Gasteiger partial charge in [-0.2, -0.15) is 0 Å². The van der Waals surface area contributed by atoms with Crippen molar-refractivity contribution in [3.05, 3.63) is 48.7 Å². The predicted octanol–water partition coefficient (Wildman–Crippen LogP) is 3.87. The number of allylic oxidation sites excluding steroid dienone is 1. The van der Waals surface area contributed by atoms with Crippen LogP contribution in [-0.2, 0) is 29.1 Å². The predicted molar refractivity (Wildman–Crippen MR) is 185 cm³/mol. The van der Waals surface area contributed by atoms with E-state index in [1.807, 2.05) is 42.5 Å². The highest BCUT2D eigenvalue weighted by Gasteiger charge is 2.62. The third kappa shape index (κ3) is 7.90. The first kappa shape index (κ1) is 35.6. The molecule has 3 heterocycles. The van der Waals surface area contributed by atoms with Crippen LogP contribution in [0.25, 0.3) is 10.8 Å². The van der Waals surface area contributed by atoms with Gasteiger partial charge in [0.15, 0.2) is 0 Å². The monoisotopic (exact) mass is 709 g/mol. The molecule has 3 fully saturated rings. The van der Waals surface area contributed by atoms with Crippen molar-refractivity contribution in [1.82, 2.24) is 25.2 Å². The van der Waals surface area contributed by atoms with Crippen molar-refractivity contribution in [3.8, 4) is 5.88 Å². The Bertz CT molecular complexity index is 1770. The Kier molecular flexibility index (Phi) is 10.1. The van der Waals surface area contributed by atoms with E-state index in [0.29, 0.717) is 38.0 Å². The lowest BCUT2D eigenvalue weighted by molar-refractivity contribution is -0.141. The van der Waals surface area contributed by atoms with Gasteiger partial charge in [-0.25, -0.2) is 18.2 Å². The molecule has 2 saturated carbocycles. The van der Waals surface area contributed by atoms with Crippen molar-refractivity contribution < 1.29 is 37.1 Å². The number of rotatable bonds is 6. The number of hydrogen-bond donors (Lipinski definition) is 3. The number of alkyl carbamates (subject to hydrolysis) is 1. The Morgan fingerprint density at radius 2 is 1.82 bits per heavy atom. The largest absolute Gasteiger partial charge is 0.472 e. The third-order valence-corrected chi connectivity index (χ3v) is 11.8. The van der Waals surface area contributed by atoms with Gasteiger partial charge in [0.1, 0.15) is 29.3 Å². The quantitative estimate of drug-likeness (QED) is 0.377. The molecule has 6 rings (SSSR count). The van der Waals surface area contributed by atoms with Crippen molar-refractivity contribution >= 4 is 44.6 Å². The molecule has 1 aromatic heterocycles. The topological polar surface area (TPSA) is 173 Å². The molecule has 0 unspecified atom stereocenters. The first-order chi connectivity index (χ1) is 23.8. The Balaban J connectivity index is 1.30. The van der Waals surface area contributed by atoms with Crippen LogP contribution in [0.2, 0.25) is 0 Å². The van der Waals surface area contributed by atoms with E-state index in [4.69, 9.17) is 9.47 Å². The van der Waals surface area contributed by atoms with Gasteiger partial charge < -0.3 is 25.0 Å². The molecule has 5 atom stereocenters. The van der Waals surface area contributed by atoms with Crippen molar-refractivity contribution in [2.75, 3.05) is 6.54 Å². The van der Waals surface area contributed by atoms with E-state index in [2.05, 4.69) is 20.3 Å². The number of pyridine rings is 1. The highest BCUT2D eigenvalue weighted by atomic mass is 32.2. The lowest BCUT2D eigenvalue weighted by Gasteiger charge is -2.31. The second-order valence-corrected chi connectivity index (χ2v) is 16.8. The SMILES string of the molecule is CC(C)(C)OC(=O)N[C@H]1CCCCC/C=C\[C@H]2C[C@@]2(C(=O)NS(=O)(=O)C2CCC2)NC(=O)[C@@H]2C[C@@H](Oc3nccc4ccccc34)CN2C1=O. The summed E-state index contributed by atoms with van der Waals surface area (Å²) in [5.41, 5.74) is -2.27. The minimum absolute atomic E-state index is 0.0207. The van der Waals surface area contributed by atoms with Crippen LogP contribution >= 0.6 is 0 Å². The Morgan fingerprint density at radius 3 is 2.56 bits per heavy atom. The van der Waals surface area contributed by atoms with E-state index in [9.17, 15) is 27.6 Å². The normalized spacial score (nSPS) is 28.5. The highest BCUT2D eigenvalue weighted by Crippen LogP contribution is 2.46. The summed E-state index contributed by atoms with van der Waals surface area (Å²) in [6.45, 7) is 5.22. The molecule has 0 spiro atoms. The van der Waals surface area contributed by atoms with Crippen LogP contribution in [0.15, 0.2) is 48.7 Å². The molecule has 4 amide bonds. The minimum Gasteiger partial charge on any atom is -0.472 e. The molecule has 0 radical (unpaired) electrons. The molecule has 13 nitrogen and oxygen atoms in total. The molecule has 3 N–H and O–H groups in total. The van der Waals surface area contributed by atoms with Crippen LogP contribution < -0.4 is 20.1 Å². The molecule has 2 aliphatic carbocycles. The Hall–Kier alpha value is -4.20. The summed E-state index contributed by atoms with van der Waals surface area (Å²) < 4.78 is 40.0. The van der Waals surface area contributed by atoms with E-state index >= 15 is 0 Å². The van der Waals surface area contributed by atoms with Crippen molar-refractivity contribution in [2.24, 2.45) is 5.92 Å². The van der Waals surface area contributed by atoms with E-state index in [1.54, 1.807) is 27.0 Å².